The Morgan fingerprint density at radius 1 is 1.08 bits per heavy atom. The summed E-state index contributed by atoms with van der Waals surface area (Å²) in [5.74, 6) is -0.280. The minimum absolute atomic E-state index is 0.0262. The van der Waals surface area contributed by atoms with Crippen LogP contribution in [0.1, 0.15) is 19.4 Å². The van der Waals surface area contributed by atoms with Crippen LogP contribution in [-0.4, -0.2) is 62.8 Å². The van der Waals surface area contributed by atoms with Gasteiger partial charge in [0.15, 0.2) is 0 Å². The molecule has 0 aliphatic carbocycles. The van der Waals surface area contributed by atoms with Gasteiger partial charge in [-0.25, -0.2) is 0 Å². The first-order chi connectivity index (χ1) is 11.6. The van der Waals surface area contributed by atoms with Crippen molar-refractivity contribution in [2.45, 2.75) is 26.3 Å². The van der Waals surface area contributed by atoms with Crippen LogP contribution in [0.15, 0.2) is 30.3 Å². The van der Waals surface area contributed by atoms with Crippen LogP contribution >= 0.6 is 0 Å². The van der Waals surface area contributed by atoms with Gasteiger partial charge in [-0.15, -0.1) is 0 Å². The second kappa shape index (κ2) is 11.6. The SMILES string of the molecule is CCOCC(=O)N[C@H](Cc1ccccc1)CN(C)C(=O)COCC. The van der Waals surface area contributed by atoms with Crippen molar-refractivity contribution in [2.75, 3.05) is 40.0 Å². The van der Waals surface area contributed by atoms with E-state index >= 15 is 0 Å². The number of amides is 2. The Morgan fingerprint density at radius 2 is 1.71 bits per heavy atom. The predicted octanol–water partition coefficient (Wildman–Crippen LogP) is 1.25. The molecular weight excluding hydrogens is 308 g/mol. The number of hydrogen-bond acceptors (Lipinski definition) is 4. The number of carbonyl (C=O) groups is 2. The summed E-state index contributed by atoms with van der Waals surface area (Å²) >= 11 is 0. The molecule has 0 aliphatic heterocycles. The van der Waals surface area contributed by atoms with Gasteiger partial charge in [-0.05, 0) is 25.8 Å². The van der Waals surface area contributed by atoms with Crippen molar-refractivity contribution in [3.63, 3.8) is 0 Å². The predicted molar refractivity (Wildman–Crippen MR) is 92.7 cm³/mol. The lowest BCUT2D eigenvalue weighted by atomic mass is 10.1. The number of likely N-dealkylation sites (N-methyl/N-ethyl adjacent to an activating group) is 1. The Kier molecular flexibility index (Phi) is 9.72. The van der Waals surface area contributed by atoms with E-state index in [1.54, 1.807) is 11.9 Å². The number of carbonyl (C=O) groups excluding carboxylic acids is 2. The third kappa shape index (κ3) is 8.08. The monoisotopic (exact) mass is 336 g/mol. The summed E-state index contributed by atoms with van der Waals surface area (Å²) in [6.45, 7) is 5.17. The standard InChI is InChI=1S/C18H28N2O4/c1-4-23-13-17(21)19-16(11-15-9-7-6-8-10-15)12-20(3)18(22)14-24-5-2/h6-10,16H,4-5,11-14H2,1-3H3,(H,19,21)/t16-/m1/s1. The van der Waals surface area contributed by atoms with Gasteiger partial charge in [-0.2, -0.15) is 0 Å². The molecule has 0 spiro atoms. The van der Waals surface area contributed by atoms with Crippen LogP contribution in [0.5, 0.6) is 0 Å². The van der Waals surface area contributed by atoms with Gasteiger partial charge in [0.1, 0.15) is 13.2 Å². The Morgan fingerprint density at radius 3 is 2.33 bits per heavy atom. The molecule has 1 atom stereocenters. The fourth-order valence-electron chi connectivity index (χ4n) is 2.26. The molecular formula is C18H28N2O4. The first kappa shape index (κ1) is 20.1. The number of nitrogens with one attached hydrogen (secondary N) is 1. The lowest BCUT2D eigenvalue weighted by Crippen LogP contribution is -2.47. The smallest absolute Gasteiger partial charge is 0.248 e. The van der Waals surface area contributed by atoms with Crippen molar-refractivity contribution in [1.82, 2.24) is 10.2 Å². The molecule has 0 bridgehead atoms. The minimum Gasteiger partial charge on any atom is -0.372 e. The second-order valence-electron chi connectivity index (χ2n) is 5.50. The first-order valence-electron chi connectivity index (χ1n) is 8.29. The Hall–Kier alpha value is -1.92. The van der Waals surface area contributed by atoms with Gasteiger partial charge in [0.05, 0.1) is 6.04 Å². The van der Waals surface area contributed by atoms with E-state index in [0.717, 1.165) is 5.56 Å². The summed E-state index contributed by atoms with van der Waals surface area (Å²) in [6, 6.07) is 9.68. The molecule has 24 heavy (non-hydrogen) atoms. The number of benzene rings is 1. The molecule has 0 saturated heterocycles. The molecule has 0 fully saturated rings. The molecule has 0 saturated carbocycles. The van der Waals surface area contributed by atoms with Gasteiger partial charge in [-0.3, -0.25) is 9.59 Å². The van der Waals surface area contributed by atoms with Crippen LogP contribution in [0.4, 0.5) is 0 Å². The molecule has 0 aromatic heterocycles. The van der Waals surface area contributed by atoms with E-state index < -0.39 is 0 Å². The van der Waals surface area contributed by atoms with Crippen LogP contribution in [-0.2, 0) is 25.5 Å². The largest absolute Gasteiger partial charge is 0.372 e. The summed E-state index contributed by atoms with van der Waals surface area (Å²) in [6.07, 6.45) is 0.644. The van der Waals surface area contributed by atoms with Crippen LogP contribution in [0, 0.1) is 0 Å². The van der Waals surface area contributed by atoms with E-state index in [1.807, 2.05) is 44.2 Å². The maximum absolute atomic E-state index is 12.0. The van der Waals surface area contributed by atoms with Gasteiger partial charge in [0.2, 0.25) is 11.8 Å². The first-order valence-corrected chi connectivity index (χ1v) is 8.29. The number of ether oxygens (including phenoxy) is 2. The number of hydrogen-bond donors (Lipinski definition) is 1. The van der Waals surface area contributed by atoms with Gasteiger partial charge in [-0.1, -0.05) is 30.3 Å². The molecule has 1 aromatic carbocycles. The molecule has 1 aromatic rings. The average molecular weight is 336 g/mol. The minimum atomic E-state index is -0.184. The molecule has 2 amide bonds. The topological polar surface area (TPSA) is 67.9 Å². The molecule has 6 heteroatoms. The van der Waals surface area contributed by atoms with Gasteiger partial charge in [0, 0.05) is 26.8 Å². The highest BCUT2D eigenvalue weighted by molar-refractivity contribution is 5.78. The molecule has 0 heterocycles. The second-order valence-corrected chi connectivity index (χ2v) is 5.50. The van der Waals surface area contributed by atoms with Crippen molar-refractivity contribution in [3.8, 4) is 0 Å². The summed E-state index contributed by atoms with van der Waals surface area (Å²) in [5.41, 5.74) is 1.10. The van der Waals surface area contributed by atoms with Gasteiger partial charge >= 0.3 is 0 Å². The van der Waals surface area contributed by atoms with Crippen LogP contribution in [0.25, 0.3) is 0 Å². The van der Waals surface area contributed by atoms with Crippen molar-refractivity contribution in [1.29, 1.82) is 0 Å². The van der Waals surface area contributed by atoms with Crippen molar-refractivity contribution in [2.24, 2.45) is 0 Å². The summed E-state index contributed by atoms with van der Waals surface area (Å²) in [5, 5.41) is 2.94. The normalized spacial score (nSPS) is 11.8. The van der Waals surface area contributed by atoms with Gasteiger partial charge < -0.3 is 19.7 Å². The number of nitrogens with zero attached hydrogens (tertiary/aromatic N) is 1. The fraction of sp³-hybridized carbons (Fsp3) is 0.556. The third-order valence-electron chi connectivity index (χ3n) is 3.48. The van der Waals surface area contributed by atoms with E-state index in [-0.39, 0.29) is 31.1 Å². The van der Waals surface area contributed by atoms with Crippen molar-refractivity contribution < 1.29 is 19.1 Å². The molecule has 1 rings (SSSR count). The highest BCUT2D eigenvalue weighted by atomic mass is 16.5. The van der Waals surface area contributed by atoms with Crippen molar-refractivity contribution >= 4 is 11.8 Å². The van der Waals surface area contributed by atoms with Crippen LogP contribution in [0.2, 0.25) is 0 Å². The Labute approximate surface area is 144 Å². The summed E-state index contributed by atoms with van der Waals surface area (Å²) in [7, 11) is 1.72. The quantitative estimate of drug-likeness (QED) is 0.660. The lowest BCUT2D eigenvalue weighted by Gasteiger charge is -2.25. The van der Waals surface area contributed by atoms with Crippen molar-refractivity contribution in [3.05, 3.63) is 35.9 Å². The maximum atomic E-state index is 12.0. The van der Waals surface area contributed by atoms with Crippen LogP contribution < -0.4 is 5.32 Å². The Balaban J connectivity index is 2.65. The van der Waals surface area contributed by atoms with E-state index in [1.165, 1.54) is 0 Å². The van der Waals surface area contributed by atoms with Crippen LogP contribution in [0.3, 0.4) is 0 Å². The third-order valence-corrected chi connectivity index (χ3v) is 3.48. The Bertz CT molecular complexity index is 493. The average Bonchev–Trinajstić information content (AvgIpc) is 2.58. The maximum Gasteiger partial charge on any atom is 0.248 e. The highest BCUT2D eigenvalue weighted by Crippen LogP contribution is 2.05. The lowest BCUT2D eigenvalue weighted by molar-refractivity contribution is -0.135. The number of rotatable bonds is 11. The molecule has 0 unspecified atom stereocenters. The molecule has 6 nitrogen and oxygen atoms in total. The molecule has 0 aliphatic rings. The van der Waals surface area contributed by atoms with E-state index in [4.69, 9.17) is 9.47 Å². The fourth-order valence-corrected chi connectivity index (χ4v) is 2.26. The van der Waals surface area contributed by atoms with Gasteiger partial charge in [0.25, 0.3) is 0 Å². The molecule has 0 radical (unpaired) electrons. The zero-order valence-electron chi connectivity index (χ0n) is 14.8. The summed E-state index contributed by atoms with van der Waals surface area (Å²) < 4.78 is 10.3. The zero-order chi connectivity index (χ0) is 17.8. The van der Waals surface area contributed by atoms with E-state index in [9.17, 15) is 9.59 Å². The summed E-state index contributed by atoms with van der Waals surface area (Å²) in [4.78, 5) is 25.6. The van der Waals surface area contributed by atoms with E-state index in [0.29, 0.717) is 26.2 Å². The highest BCUT2D eigenvalue weighted by Gasteiger charge is 2.18. The van der Waals surface area contributed by atoms with E-state index in [2.05, 4.69) is 5.32 Å². The molecule has 1 N–H and O–H groups in total. The zero-order valence-corrected chi connectivity index (χ0v) is 14.8. The molecule has 134 valence electrons.